The van der Waals surface area contributed by atoms with E-state index in [2.05, 4.69) is 10.4 Å². The Labute approximate surface area is 191 Å². The number of hydrogen-bond donors (Lipinski definition) is 1. The molecule has 1 heterocycles. The van der Waals surface area contributed by atoms with Crippen LogP contribution in [0.15, 0.2) is 102 Å². The molecule has 166 valence electrons. The molecule has 0 aliphatic heterocycles. The van der Waals surface area contributed by atoms with Crippen molar-refractivity contribution in [2.45, 2.75) is 18.9 Å². The van der Waals surface area contributed by atoms with E-state index in [1.807, 2.05) is 60.7 Å². The lowest BCUT2D eigenvalue weighted by Crippen LogP contribution is -2.32. The van der Waals surface area contributed by atoms with Crippen molar-refractivity contribution in [3.63, 3.8) is 0 Å². The molecule has 4 aromatic rings. The Balaban J connectivity index is 1.41. The van der Waals surface area contributed by atoms with Gasteiger partial charge in [-0.25, -0.2) is 9.07 Å². The first kappa shape index (κ1) is 22.1. The largest absolute Gasteiger partial charge is 0.354 e. The average molecular weight is 442 g/mol. The molecular formula is C27H24FN3O2. The summed E-state index contributed by atoms with van der Waals surface area (Å²) < 4.78 is 14.5. The van der Waals surface area contributed by atoms with Crippen molar-refractivity contribution in [3.8, 4) is 11.3 Å². The van der Waals surface area contributed by atoms with E-state index < -0.39 is 0 Å². The highest BCUT2D eigenvalue weighted by molar-refractivity contribution is 5.77. The van der Waals surface area contributed by atoms with Gasteiger partial charge in [-0.3, -0.25) is 9.59 Å². The van der Waals surface area contributed by atoms with Crippen LogP contribution < -0.4 is 10.9 Å². The molecule has 1 amide bonds. The fraction of sp³-hybridized carbons (Fsp3) is 0.148. The number of nitrogens with one attached hydrogen (secondary N) is 1. The number of carbonyl (C=O) groups is 1. The summed E-state index contributed by atoms with van der Waals surface area (Å²) in [5.74, 6) is -0.496. The van der Waals surface area contributed by atoms with Crippen LogP contribution in [0.25, 0.3) is 11.3 Å². The molecule has 6 heteroatoms. The SMILES string of the molecule is O=C(CC(c1ccccc1)c1ccccc1)NCCn1nc(-c2ccc(F)cc2)ccc1=O. The second-order valence-corrected chi connectivity index (χ2v) is 7.71. The molecule has 0 saturated carbocycles. The monoisotopic (exact) mass is 441 g/mol. The van der Waals surface area contributed by atoms with Gasteiger partial charge >= 0.3 is 0 Å². The Morgan fingerprint density at radius 3 is 2.06 bits per heavy atom. The number of rotatable bonds is 8. The topological polar surface area (TPSA) is 64.0 Å². The minimum Gasteiger partial charge on any atom is -0.354 e. The van der Waals surface area contributed by atoms with E-state index >= 15 is 0 Å². The quantitative estimate of drug-likeness (QED) is 0.441. The number of amides is 1. The van der Waals surface area contributed by atoms with Gasteiger partial charge in [0.25, 0.3) is 5.56 Å². The van der Waals surface area contributed by atoms with Crippen molar-refractivity contribution in [1.82, 2.24) is 15.1 Å². The lowest BCUT2D eigenvalue weighted by molar-refractivity contribution is -0.121. The molecule has 0 unspecified atom stereocenters. The number of carbonyl (C=O) groups excluding carboxylic acids is 1. The molecule has 33 heavy (non-hydrogen) atoms. The third kappa shape index (κ3) is 5.80. The minimum absolute atomic E-state index is 0.0601. The molecule has 0 bridgehead atoms. The summed E-state index contributed by atoms with van der Waals surface area (Å²) in [6.45, 7) is 0.510. The van der Waals surface area contributed by atoms with E-state index in [1.54, 1.807) is 18.2 Å². The van der Waals surface area contributed by atoms with Crippen molar-refractivity contribution in [2.24, 2.45) is 0 Å². The predicted octanol–water partition coefficient (Wildman–Crippen LogP) is 4.39. The van der Waals surface area contributed by atoms with Gasteiger partial charge in [0.2, 0.25) is 5.91 Å². The Morgan fingerprint density at radius 1 is 0.848 bits per heavy atom. The van der Waals surface area contributed by atoms with Crippen LogP contribution in [0.3, 0.4) is 0 Å². The van der Waals surface area contributed by atoms with Gasteiger partial charge in [-0.15, -0.1) is 0 Å². The summed E-state index contributed by atoms with van der Waals surface area (Å²) in [5, 5.41) is 7.26. The third-order valence-corrected chi connectivity index (χ3v) is 5.45. The second-order valence-electron chi connectivity index (χ2n) is 7.71. The molecule has 1 N–H and O–H groups in total. The molecule has 0 fully saturated rings. The molecule has 0 atom stereocenters. The van der Waals surface area contributed by atoms with Crippen LogP contribution in [0.4, 0.5) is 4.39 Å². The number of aromatic nitrogens is 2. The highest BCUT2D eigenvalue weighted by Crippen LogP contribution is 2.27. The van der Waals surface area contributed by atoms with Crippen LogP contribution in [0.2, 0.25) is 0 Å². The molecule has 4 rings (SSSR count). The van der Waals surface area contributed by atoms with Crippen LogP contribution in [0.5, 0.6) is 0 Å². The van der Waals surface area contributed by atoms with Gasteiger partial charge in [0.05, 0.1) is 12.2 Å². The molecule has 0 aliphatic rings. The lowest BCUT2D eigenvalue weighted by atomic mass is 9.88. The number of nitrogens with zero attached hydrogens (tertiary/aromatic N) is 2. The maximum atomic E-state index is 13.2. The van der Waals surface area contributed by atoms with Crippen LogP contribution in [0.1, 0.15) is 23.5 Å². The number of benzene rings is 3. The van der Waals surface area contributed by atoms with Crippen molar-refractivity contribution in [1.29, 1.82) is 0 Å². The Hall–Kier alpha value is -4.06. The maximum absolute atomic E-state index is 13.2. The van der Waals surface area contributed by atoms with Gasteiger partial charge in [0, 0.05) is 30.5 Å². The minimum atomic E-state index is -0.334. The molecule has 0 radical (unpaired) electrons. The van der Waals surface area contributed by atoms with E-state index in [1.165, 1.54) is 22.9 Å². The highest BCUT2D eigenvalue weighted by Gasteiger charge is 2.18. The van der Waals surface area contributed by atoms with Gasteiger partial charge in [-0.2, -0.15) is 5.10 Å². The number of halogens is 1. The summed E-state index contributed by atoms with van der Waals surface area (Å²) in [6, 6.07) is 28.8. The van der Waals surface area contributed by atoms with E-state index in [4.69, 9.17) is 0 Å². The second kappa shape index (κ2) is 10.5. The van der Waals surface area contributed by atoms with E-state index in [0.29, 0.717) is 17.7 Å². The van der Waals surface area contributed by atoms with Crippen molar-refractivity contribution < 1.29 is 9.18 Å². The lowest BCUT2D eigenvalue weighted by Gasteiger charge is -2.18. The molecule has 5 nitrogen and oxygen atoms in total. The van der Waals surface area contributed by atoms with Gasteiger partial charge in [-0.1, -0.05) is 60.7 Å². The smallest absolute Gasteiger partial charge is 0.266 e. The highest BCUT2D eigenvalue weighted by atomic mass is 19.1. The first-order valence-corrected chi connectivity index (χ1v) is 10.8. The fourth-order valence-electron chi connectivity index (χ4n) is 3.74. The van der Waals surface area contributed by atoms with Crippen LogP contribution in [-0.4, -0.2) is 22.2 Å². The van der Waals surface area contributed by atoms with Crippen LogP contribution in [0, 0.1) is 5.82 Å². The van der Waals surface area contributed by atoms with Gasteiger partial charge in [0.1, 0.15) is 5.82 Å². The van der Waals surface area contributed by atoms with Crippen LogP contribution >= 0.6 is 0 Å². The zero-order valence-electron chi connectivity index (χ0n) is 18.0. The summed E-state index contributed by atoms with van der Waals surface area (Å²) >= 11 is 0. The normalized spacial score (nSPS) is 10.8. The maximum Gasteiger partial charge on any atom is 0.266 e. The Morgan fingerprint density at radius 2 is 1.45 bits per heavy atom. The van der Waals surface area contributed by atoms with Gasteiger partial charge in [0.15, 0.2) is 0 Å². The van der Waals surface area contributed by atoms with E-state index in [9.17, 15) is 14.0 Å². The number of hydrogen-bond acceptors (Lipinski definition) is 3. The van der Waals surface area contributed by atoms with E-state index in [-0.39, 0.29) is 36.3 Å². The first-order valence-electron chi connectivity index (χ1n) is 10.8. The first-order chi connectivity index (χ1) is 16.1. The van der Waals surface area contributed by atoms with E-state index in [0.717, 1.165) is 11.1 Å². The van der Waals surface area contributed by atoms with Crippen molar-refractivity contribution in [3.05, 3.63) is 124 Å². The molecule has 0 aliphatic carbocycles. The predicted molar refractivity (Wildman–Crippen MR) is 126 cm³/mol. The standard InChI is InChI=1S/C27H24FN3O2/c28-23-13-11-22(12-14-23)25-15-16-27(33)31(30-25)18-17-29-26(32)19-24(20-7-3-1-4-8-20)21-9-5-2-6-10-21/h1-16,24H,17-19H2,(H,29,32). The molecule has 0 saturated heterocycles. The van der Waals surface area contributed by atoms with Crippen molar-refractivity contribution >= 4 is 5.91 Å². The zero-order valence-corrected chi connectivity index (χ0v) is 18.0. The summed E-state index contributed by atoms with van der Waals surface area (Å²) in [5.41, 5.74) is 3.16. The van der Waals surface area contributed by atoms with Crippen molar-refractivity contribution in [2.75, 3.05) is 6.54 Å². The Kier molecular flexibility index (Phi) is 7.05. The molecule has 1 aromatic heterocycles. The third-order valence-electron chi connectivity index (χ3n) is 5.45. The van der Waals surface area contributed by atoms with Gasteiger partial charge < -0.3 is 5.32 Å². The van der Waals surface area contributed by atoms with Crippen LogP contribution in [-0.2, 0) is 11.3 Å². The zero-order chi connectivity index (χ0) is 23.0. The Bertz CT molecular complexity index is 1220. The molecular weight excluding hydrogens is 417 g/mol. The summed E-state index contributed by atoms with van der Waals surface area (Å²) in [4.78, 5) is 24.9. The van der Waals surface area contributed by atoms with Gasteiger partial charge in [-0.05, 0) is 41.5 Å². The average Bonchev–Trinajstić information content (AvgIpc) is 2.85. The fourth-order valence-corrected chi connectivity index (χ4v) is 3.74. The summed E-state index contributed by atoms with van der Waals surface area (Å²) in [6.07, 6.45) is 0.298. The summed E-state index contributed by atoms with van der Waals surface area (Å²) in [7, 11) is 0. The molecule has 0 spiro atoms. The molecule has 3 aromatic carbocycles.